The monoisotopic (exact) mass is 407 g/mol. The molecule has 2 aromatic rings. The molecule has 5 atom stereocenters. The first kappa shape index (κ1) is 20.8. The Labute approximate surface area is 165 Å². The van der Waals surface area contributed by atoms with Crippen LogP contribution in [0.5, 0.6) is 17.2 Å². The molecule has 2 aromatic carbocycles. The molecule has 0 radical (unpaired) electrons. The van der Waals surface area contributed by atoms with Gasteiger partial charge in [-0.15, -0.1) is 0 Å². The van der Waals surface area contributed by atoms with Crippen molar-refractivity contribution in [1.82, 2.24) is 0 Å². The molecule has 1 amide bonds. The van der Waals surface area contributed by atoms with Crippen molar-refractivity contribution in [3.8, 4) is 17.2 Å². The van der Waals surface area contributed by atoms with E-state index in [2.05, 4.69) is 5.32 Å². The van der Waals surface area contributed by atoms with Gasteiger partial charge in [0.05, 0.1) is 6.61 Å². The number of amides is 1. The third-order valence-corrected chi connectivity index (χ3v) is 4.38. The zero-order valence-corrected chi connectivity index (χ0v) is 15.0. The van der Waals surface area contributed by atoms with Crippen LogP contribution in [-0.4, -0.2) is 73.9 Å². The van der Waals surface area contributed by atoms with E-state index in [1.807, 2.05) is 0 Å². The van der Waals surface area contributed by atoms with Gasteiger partial charge in [0, 0.05) is 17.3 Å². The van der Waals surface area contributed by atoms with E-state index in [4.69, 9.17) is 9.47 Å². The first-order valence-corrected chi connectivity index (χ1v) is 8.70. The molecule has 7 N–H and O–H groups in total. The second-order valence-electron chi connectivity index (χ2n) is 6.53. The smallest absolute Gasteiger partial charge is 0.255 e. The Morgan fingerprint density at radius 2 is 1.66 bits per heavy atom. The van der Waals surface area contributed by atoms with E-state index >= 15 is 0 Å². The van der Waals surface area contributed by atoms with Crippen LogP contribution >= 0.6 is 0 Å². The molecule has 0 spiro atoms. The van der Waals surface area contributed by atoms with Crippen LogP contribution in [0.2, 0.25) is 0 Å². The molecule has 1 fully saturated rings. The summed E-state index contributed by atoms with van der Waals surface area (Å²) in [6.07, 6.45) is -7.41. The number of nitrogens with one attached hydrogen (secondary N) is 1. The largest absolute Gasteiger partial charge is 0.508 e. The molecule has 0 unspecified atom stereocenters. The molecule has 1 aliphatic rings. The van der Waals surface area contributed by atoms with Gasteiger partial charge in [-0.1, -0.05) is 0 Å². The molecular formula is C19H21NO9. The predicted molar refractivity (Wildman–Crippen MR) is 98.6 cm³/mol. The summed E-state index contributed by atoms with van der Waals surface area (Å²) in [5.41, 5.74) is 0.435. The average Bonchev–Trinajstić information content (AvgIpc) is 2.69. The molecule has 1 heterocycles. The minimum absolute atomic E-state index is 0.0256. The van der Waals surface area contributed by atoms with E-state index in [1.165, 1.54) is 42.5 Å². The van der Waals surface area contributed by atoms with Crippen LogP contribution in [0.15, 0.2) is 42.5 Å². The van der Waals surface area contributed by atoms with Crippen molar-refractivity contribution < 1.29 is 44.9 Å². The maximum atomic E-state index is 12.4. The molecule has 10 heteroatoms. The maximum absolute atomic E-state index is 12.4. The SMILES string of the molecule is O=C(Nc1ccc(O)cc1)c1cc(O)cc(O[C@H]2O[C@H](CO)[C@@H](O)[C@H](O)[C@H]2O)c1. The van der Waals surface area contributed by atoms with Gasteiger partial charge in [0.25, 0.3) is 5.91 Å². The summed E-state index contributed by atoms with van der Waals surface area (Å²) < 4.78 is 10.7. The van der Waals surface area contributed by atoms with Crippen molar-refractivity contribution >= 4 is 11.6 Å². The number of hydrogen-bond donors (Lipinski definition) is 7. The number of aliphatic hydroxyl groups excluding tert-OH is 4. The van der Waals surface area contributed by atoms with Gasteiger partial charge in [-0.3, -0.25) is 4.79 Å². The Morgan fingerprint density at radius 3 is 2.31 bits per heavy atom. The fourth-order valence-electron chi connectivity index (χ4n) is 2.83. The molecule has 156 valence electrons. The Balaban J connectivity index is 1.76. The van der Waals surface area contributed by atoms with Crippen LogP contribution in [0.3, 0.4) is 0 Å². The molecule has 1 saturated heterocycles. The maximum Gasteiger partial charge on any atom is 0.255 e. The molecule has 3 rings (SSSR count). The molecule has 0 aromatic heterocycles. The number of benzene rings is 2. The standard InChI is InChI=1S/C19H21NO9/c21-8-14-15(24)16(25)17(26)19(29-14)28-13-6-9(5-12(23)7-13)18(27)20-10-1-3-11(22)4-2-10/h1-7,14-17,19,21-26H,8H2,(H,20,27)/t14-,15-,16+,17-,19+/m1/s1. The number of aromatic hydroxyl groups is 2. The van der Waals surface area contributed by atoms with Gasteiger partial charge in [-0.2, -0.15) is 0 Å². The first-order chi connectivity index (χ1) is 13.8. The summed E-state index contributed by atoms with van der Waals surface area (Å²) >= 11 is 0. The molecular weight excluding hydrogens is 386 g/mol. The Bertz CT molecular complexity index is 855. The van der Waals surface area contributed by atoms with Crippen molar-refractivity contribution in [3.63, 3.8) is 0 Å². The number of ether oxygens (including phenoxy) is 2. The van der Waals surface area contributed by atoms with Crippen molar-refractivity contribution in [2.75, 3.05) is 11.9 Å². The average molecular weight is 407 g/mol. The zero-order chi connectivity index (χ0) is 21.1. The highest BCUT2D eigenvalue weighted by molar-refractivity contribution is 6.04. The number of carbonyl (C=O) groups is 1. The quantitative estimate of drug-likeness (QED) is 0.324. The van der Waals surface area contributed by atoms with E-state index in [9.17, 15) is 35.4 Å². The molecule has 10 nitrogen and oxygen atoms in total. The Morgan fingerprint density at radius 1 is 0.966 bits per heavy atom. The van der Waals surface area contributed by atoms with Crippen LogP contribution in [0.1, 0.15) is 10.4 Å². The number of phenolic OH excluding ortho intramolecular Hbond substituents is 2. The van der Waals surface area contributed by atoms with Crippen molar-refractivity contribution in [2.45, 2.75) is 30.7 Å². The zero-order valence-electron chi connectivity index (χ0n) is 15.0. The number of phenols is 2. The van der Waals surface area contributed by atoms with Gasteiger partial charge in [-0.05, 0) is 36.4 Å². The van der Waals surface area contributed by atoms with E-state index in [1.54, 1.807) is 0 Å². The van der Waals surface area contributed by atoms with Gasteiger partial charge in [-0.25, -0.2) is 0 Å². The number of carbonyl (C=O) groups excluding carboxylic acids is 1. The highest BCUT2D eigenvalue weighted by atomic mass is 16.7. The summed E-state index contributed by atoms with van der Waals surface area (Å²) in [5.74, 6) is -0.894. The molecule has 0 bridgehead atoms. The minimum Gasteiger partial charge on any atom is -0.508 e. The number of anilines is 1. The van der Waals surface area contributed by atoms with Crippen LogP contribution in [0.4, 0.5) is 5.69 Å². The van der Waals surface area contributed by atoms with Crippen molar-refractivity contribution in [2.24, 2.45) is 0 Å². The van der Waals surface area contributed by atoms with E-state index in [0.29, 0.717) is 5.69 Å². The second-order valence-corrected chi connectivity index (χ2v) is 6.53. The Kier molecular flexibility index (Phi) is 6.20. The lowest BCUT2D eigenvalue weighted by atomic mass is 9.99. The minimum atomic E-state index is -1.63. The first-order valence-electron chi connectivity index (χ1n) is 8.70. The third kappa shape index (κ3) is 4.75. The topological polar surface area (TPSA) is 169 Å². The lowest BCUT2D eigenvalue weighted by molar-refractivity contribution is -0.277. The lowest BCUT2D eigenvalue weighted by Gasteiger charge is -2.39. The summed E-state index contributed by atoms with van der Waals surface area (Å²) in [6, 6.07) is 9.39. The number of aliphatic hydroxyl groups is 4. The van der Waals surface area contributed by atoms with Gasteiger partial charge in [0.15, 0.2) is 0 Å². The molecule has 29 heavy (non-hydrogen) atoms. The molecule has 1 aliphatic heterocycles. The number of rotatable bonds is 5. The van der Waals surface area contributed by atoms with Gasteiger partial charge in [0.2, 0.25) is 6.29 Å². The Hall–Kier alpha value is -2.89. The summed E-state index contributed by atoms with van der Waals surface area (Å²) in [7, 11) is 0. The van der Waals surface area contributed by atoms with Crippen molar-refractivity contribution in [3.05, 3.63) is 48.0 Å². The van der Waals surface area contributed by atoms with Crippen LogP contribution in [-0.2, 0) is 4.74 Å². The van der Waals surface area contributed by atoms with Crippen LogP contribution in [0.25, 0.3) is 0 Å². The number of hydrogen-bond acceptors (Lipinski definition) is 9. The van der Waals surface area contributed by atoms with Crippen LogP contribution < -0.4 is 10.1 Å². The van der Waals surface area contributed by atoms with Gasteiger partial charge < -0.3 is 45.4 Å². The van der Waals surface area contributed by atoms with E-state index in [0.717, 1.165) is 0 Å². The molecule has 0 aliphatic carbocycles. The van der Waals surface area contributed by atoms with Crippen LogP contribution in [0, 0.1) is 0 Å². The van der Waals surface area contributed by atoms with E-state index < -0.39 is 43.2 Å². The molecule has 0 saturated carbocycles. The second kappa shape index (κ2) is 8.64. The van der Waals surface area contributed by atoms with Crippen molar-refractivity contribution in [1.29, 1.82) is 0 Å². The summed E-state index contributed by atoms with van der Waals surface area (Å²) in [4.78, 5) is 12.4. The fourth-order valence-corrected chi connectivity index (χ4v) is 2.83. The normalized spacial score (nSPS) is 26.7. The van der Waals surface area contributed by atoms with E-state index in [-0.39, 0.29) is 22.8 Å². The fraction of sp³-hybridized carbons (Fsp3) is 0.316. The highest BCUT2D eigenvalue weighted by Crippen LogP contribution is 2.28. The van der Waals surface area contributed by atoms with Gasteiger partial charge in [0.1, 0.15) is 41.7 Å². The summed E-state index contributed by atoms with van der Waals surface area (Å²) in [6.45, 7) is -0.620. The summed E-state index contributed by atoms with van der Waals surface area (Å²) in [5, 5.41) is 60.7. The van der Waals surface area contributed by atoms with Gasteiger partial charge >= 0.3 is 0 Å². The third-order valence-electron chi connectivity index (χ3n) is 4.38. The lowest BCUT2D eigenvalue weighted by Crippen LogP contribution is -2.60. The predicted octanol–water partition coefficient (Wildman–Crippen LogP) is -0.471. The highest BCUT2D eigenvalue weighted by Gasteiger charge is 2.44.